The van der Waals surface area contributed by atoms with Crippen molar-refractivity contribution >= 4 is 29.0 Å². The molecule has 0 amide bonds. The second kappa shape index (κ2) is 9.06. The SMILES string of the molecule is CC(=O)c1ccc(C(O)c2ccc(C(F)(F)F)cc2)cc1.ClCCl. The van der Waals surface area contributed by atoms with Crippen LogP contribution in [0.25, 0.3) is 0 Å². The maximum absolute atomic E-state index is 12.5. The molecule has 2 aromatic carbocycles. The van der Waals surface area contributed by atoms with Gasteiger partial charge in [0.05, 0.1) is 10.9 Å². The Morgan fingerprint density at radius 2 is 1.38 bits per heavy atom. The Bertz CT molecular complexity index is 653. The summed E-state index contributed by atoms with van der Waals surface area (Å²) in [7, 11) is 0. The average molecular weight is 379 g/mol. The number of Topliss-reactive ketones (excluding diaryl/α,β-unsaturated/α-hetero) is 1. The molecule has 1 atom stereocenters. The highest BCUT2D eigenvalue weighted by atomic mass is 35.5. The van der Waals surface area contributed by atoms with Gasteiger partial charge in [-0.25, -0.2) is 0 Å². The van der Waals surface area contributed by atoms with Crippen LogP contribution in [0.15, 0.2) is 48.5 Å². The molecule has 2 rings (SSSR count). The number of aliphatic hydroxyl groups is 1. The lowest BCUT2D eigenvalue weighted by molar-refractivity contribution is -0.137. The fourth-order valence-corrected chi connectivity index (χ4v) is 1.95. The van der Waals surface area contributed by atoms with E-state index in [9.17, 15) is 23.1 Å². The quantitative estimate of drug-likeness (QED) is 0.572. The molecule has 0 aromatic heterocycles. The van der Waals surface area contributed by atoms with Crippen molar-refractivity contribution in [2.75, 3.05) is 5.34 Å². The molecule has 0 aliphatic rings. The summed E-state index contributed by atoms with van der Waals surface area (Å²) in [5.41, 5.74) is 0.627. The predicted molar refractivity (Wildman–Crippen MR) is 88.5 cm³/mol. The molecule has 0 saturated heterocycles. The van der Waals surface area contributed by atoms with Crippen LogP contribution in [0.1, 0.15) is 40.1 Å². The van der Waals surface area contributed by atoms with Gasteiger partial charge in [-0.1, -0.05) is 36.4 Å². The molecule has 0 bridgehead atoms. The van der Waals surface area contributed by atoms with Gasteiger partial charge in [0, 0.05) is 5.56 Å². The van der Waals surface area contributed by atoms with E-state index in [0.29, 0.717) is 16.7 Å². The molecule has 1 N–H and O–H groups in total. The molecule has 0 spiro atoms. The second-order valence-corrected chi connectivity index (χ2v) is 5.61. The number of hydrogen-bond donors (Lipinski definition) is 1. The topological polar surface area (TPSA) is 37.3 Å². The minimum atomic E-state index is -4.40. The van der Waals surface area contributed by atoms with Gasteiger partial charge in [0.1, 0.15) is 6.10 Å². The lowest BCUT2D eigenvalue weighted by Gasteiger charge is -2.13. The van der Waals surface area contributed by atoms with Crippen LogP contribution in [0.4, 0.5) is 13.2 Å². The summed E-state index contributed by atoms with van der Waals surface area (Å²) in [4.78, 5) is 11.2. The summed E-state index contributed by atoms with van der Waals surface area (Å²) >= 11 is 9.53. The molecule has 0 aliphatic carbocycles. The number of halogens is 5. The van der Waals surface area contributed by atoms with Crippen molar-refractivity contribution in [1.29, 1.82) is 0 Å². The van der Waals surface area contributed by atoms with Gasteiger partial charge >= 0.3 is 6.18 Å². The van der Waals surface area contributed by atoms with E-state index in [2.05, 4.69) is 0 Å². The van der Waals surface area contributed by atoms with Crippen molar-refractivity contribution in [1.82, 2.24) is 0 Å². The Morgan fingerprint density at radius 1 is 1.00 bits per heavy atom. The van der Waals surface area contributed by atoms with E-state index in [1.807, 2.05) is 0 Å². The first kappa shape index (κ1) is 20.5. The van der Waals surface area contributed by atoms with Crippen molar-refractivity contribution in [2.45, 2.75) is 19.2 Å². The molecule has 24 heavy (non-hydrogen) atoms. The van der Waals surface area contributed by atoms with Crippen molar-refractivity contribution in [2.24, 2.45) is 0 Å². The molecule has 130 valence electrons. The molecule has 0 radical (unpaired) electrons. The largest absolute Gasteiger partial charge is 0.416 e. The number of carbonyl (C=O) groups excluding carboxylic acids is 1. The molecule has 7 heteroatoms. The van der Waals surface area contributed by atoms with Crippen molar-refractivity contribution in [3.63, 3.8) is 0 Å². The number of benzene rings is 2. The third kappa shape index (κ3) is 5.82. The normalized spacial score (nSPS) is 12.1. The molecule has 0 saturated carbocycles. The van der Waals surface area contributed by atoms with Crippen LogP contribution in [-0.4, -0.2) is 16.2 Å². The van der Waals surface area contributed by atoms with E-state index in [1.165, 1.54) is 19.1 Å². The zero-order valence-corrected chi connectivity index (χ0v) is 14.2. The molecule has 1 unspecified atom stereocenters. The van der Waals surface area contributed by atoms with Crippen LogP contribution in [0.2, 0.25) is 0 Å². The zero-order valence-electron chi connectivity index (χ0n) is 12.6. The van der Waals surface area contributed by atoms with Crippen LogP contribution in [-0.2, 0) is 6.18 Å². The van der Waals surface area contributed by atoms with Crippen LogP contribution >= 0.6 is 23.2 Å². The summed E-state index contributed by atoms with van der Waals surface area (Å²) in [6.07, 6.45) is -5.43. The smallest absolute Gasteiger partial charge is 0.384 e. The summed E-state index contributed by atoms with van der Waals surface area (Å²) in [6.45, 7) is 1.43. The van der Waals surface area contributed by atoms with Crippen molar-refractivity contribution in [3.05, 3.63) is 70.8 Å². The lowest BCUT2D eigenvalue weighted by atomic mass is 9.99. The first-order valence-corrected chi connectivity index (χ1v) is 7.85. The lowest BCUT2D eigenvalue weighted by Crippen LogP contribution is -2.06. The van der Waals surface area contributed by atoms with Crippen LogP contribution in [0.3, 0.4) is 0 Å². The summed E-state index contributed by atoms with van der Waals surface area (Å²) in [5, 5.41) is 10.3. The molecule has 0 heterocycles. The number of ketones is 1. The Labute approximate surface area is 147 Å². The Balaban J connectivity index is 0.000000891. The predicted octanol–water partition coefficient (Wildman–Crippen LogP) is 5.41. The van der Waals surface area contributed by atoms with Gasteiger partial charge in [0.15, 0.2) is 5.78 Å². The number of aliphatic hydroxyl groups excluding tert-OH is 1. The van der Waals surface area contributed by atoms with Gasteiger partial charge < -0.3 is 5.11 Å². The standard InChI is InChI=1S/C16H13F3O2.CH2Cl2/c1-10(20)11-2-4-12(5-3-11)15(21)13-6-8-14(9-7-13)16(17,18)19;2-1-3/h2-9,15,21H,1H3;1H2. The zero-order chi connectivity index (χ0) is 18.3. The number of alkyl halides is 5. The van der Waals surface area contributed by atoms with Crippen LogP contribution in [0.5, 0.6) is 0 Å². The Morgan fingerprint density at radius 3 is 1.71 bits per heavy atom. The van der Waals surface area contributed by atoms with Gasteiger partial charge in [0.2, 0.25) is 0 Å². The van der Waals surface area contributed by atoms with Crippen LogP contribution < -0.4 is 0 Å². The van der Waals surface area contributed by atoms with Crippen molar-refractivity contribution in [3.8, 4) is 0 Å². The Kier molecular flexibility index (Phi) is 7.73. The molecule has 0 fully saturated rings. The van der Waals surface area contributed by atoms with E-state index >= 15 is 0 Å². The van der Waals surface area contributed by atoms with Gasteiger partial charge in [-0.2, -0.15) is 13.2 Å². The first-order chi connectivity index (χ1) is 11.2. The third-order valence-electron chi connectivity index (χ3n) is 3.19. The summed E-state index contributed by atoms with van der Waals surface area (Å²) in [5.74, 6) is -0.0921. The van der Waals surface area contributed by atoms with E-state index < -0.39 is 17.8 Å². The second-order valence-electron chi connectivity index (χ2n) is 4.80. The molecule has 2 nitrogen and oxygen atoms in total. The number of carbonyl (C=O) groups is 1. The molecule has 2 aromatic rings. The maximum atomic E-state index is 12.5. The van der Waals surface area contributed by atoms with E-state index in [4.69, 9.17) is 23.2 Å². The number of rotatable bonds is 3. The monoisotopic (exact) mass is 378 g/mol. The molecular formula is C17H15Cl2F3O2. The fraction of sp³-hybridized carbons (Fsp3) is 0.235. The van der Waals surface area contributed by atoms with Crippen LogP contribution in [0, 0.1) is 0 Å². The summed E-state index contributed by atoms with van der Waals surface area (Å²) in [6, 6.07) is 10.7. The molecule has 0 aliphatic heterocycles. The van der Waals surface area contributed by atoms with E-state index in [1.54, 1.807) is 24.3 Å². The molecular weight excluding hydrogens is 364 g/mol. The van der Waals surface area contributed by atoms with Gasteiger partial charge in [-0.05, 0) is 30.2 Å². The third-order valence-corrected chi connectivity index (χ3v) is 3.19. The Hall–Kier alpha value is -1.56. The highest BCUT2D eigenvalue weighted by Crippen LogP contribution is 2.31. The highest BCUT2D eigenvalue weighted by Gasteiger charge is 2.30. The van der Waals surface area contributed by atoms with Gasteiger partial charge in [-0.3, -0.25) is 4.79 Å². The minimum absolute atomic E-state index is 0.0921. The average Bonchev–Trinajstić information content (AvgIpc) is 2.54. The van der Waals surface area contributed by atoms with Gasteiger partial charge in [0.25, 0.3) is 0 Å². The maximum Gasteiger partial charge on any atom is 0.416 e. The highest BCUT2D eigenvalue weighted by molar-refractivity contribution is 6.40. The van der Waals surface area contributed by atoms with Gasteiger partial charge in [-0.15, -0.1) is 23.2 Å². The van der Waals surface area contributed by atoms with Crippen molar-refractivity contribution < 1.29 is 23.1 Å². The fourth-order valence-electron chi connectivity index (χ4n) is 1.95. The summed E-state index contributed by atoms with van der Waals surface area (Å²) < 4.78 is 37.4. The minimum Gasteiger partial charge on any atom is -0.384 e. The number of hydrogen-bond acceptors (Lipinski definition) is 2. The van der Waals surface area contributed by atoms with E-state index in [-0.39, 0.29) is 11.1 Å². The first-order valence-electron chi connectivity index (χ1n) is 6.78. The van der Waals surface area contributed by atoms with E-state index in [0.717, 1.165) is 12.1 Å².